The summed E-state index contributed by atoms with van der Waals surface area (Å²) < 4.78 is 13.0. The highest BCUT2D eigenvalue weighted by molar-refractivity contribution is 7.13. The van der Waals surface area contributed by atoms with Gasteiger partial charge < -0.3 is 4.84 Å². The van der Waals surface area contributed by atoms with Crippen molar-refractivity contribution in [1.29, 1.82) is 0 Å². The van der Waals surface area contributed by atoms with Gasteiger partial charge in [0.25, 0.3) is 0 Å². The van der Waals surface area contributed by atoms with Crippen LogP contribution in [0.4, 0.5) is 4.39 Å². The Morgan fingerprint density at radius 2 is 2.00 bits per heavy atom. The molecule has 0 unspecified atom stereocenters. The molecule has 0 fully saturated rings. The van der Waals surface area contributed by atoms with Gasteiger partial charge in [-0.3, -0.25) is 0 Å². The molecule has 2 aromatic carbocycles. The molecule has 4 aromatic rings. The minimum absolute atomic E-state index is 0.239. The van der Waals surface area contributed by atoms with Gasteiger partial charge in [0.05, 0.1) is 5.69 Å². The number of benzene rings is 2. The van der Waals surface area contributed by atoms with Crippen LogP contribution >= 0.6 is 22.9 Å². The van der Waals surface area contributed by atoms with Crippen LogP contribution in [-0.2, 0) is 6.61 Å². The summed E-state index contributed by atoms with van der Waals surface area (Å²) in [5, 5.41) is 11.2. The van der Waals surface area contributed by atoms with E-state index in [1.54, 1.807) is 30.3 Å². The van der Waals surface area contributed by atoms with Crippen molar-refractivity contribution in [1.82, 2.24) is 20.1 Å². The third-order valence-electron chi connectivity index (χ3n) is 3.35. The van der Waals surface area contributed by atoms with Crippen molar-refractivity contribution >= 4 is 34.0 Å². The van der Waals surface area contributed by atoms with Gasteiger partial charge in [0.1, 0.15) is 21.9 Å². The molecule has 0 aliphatic heterocycles. The van der Waals surface area contributed by atoms with Crippen LogP contribution in [0.25, 0.3) is 21.6 Å². The monoisotopic (exact) mass is 360 g/mol. The average Bonchev–Trinajstić information content (AvgIpc) is 3.20. The maximum Gasteiger partial charge on any atom is 0.160 e. The lowest BCUT2D eigenvalue weighted by Crippen LogP contribution is -2.13. The minimum Gasteiger partial charge on any atom is -0.388 e. The lowest BCUT2D eigenvalue weighted by Gasteiger charge is -2.03. The topological polar surface area (TPSA) is 52.8 Å². The summed E-state index contributed by atoms with van der Waals surface area (Å²) in [6, 6.07) is 11.5. The first-order valence-electron chi connectivity index (χ1n) is 7.04. The highest BCUT2D eigenvalue weighted by Gasteiger charge is 2.09. The van der Waals surface area contributed by atoms with E-state index in [2.05, 4.69) is 15.3 Å². The third-order valence-corrected chi connectivity index (χ3v) is 4.53. The summed E-state index contributed by atoms with van der Waals surface area (Å²) in [6.45, 7) is 0.239. The number of hydrogen-bond donors (Lipinski definition) is 0. The Morgan fingerprint density at radius 1 is 1.17 bits per heavy atom. The standard InChI is InChI=1S/C16H10ClFN4OS/c17-11-3-6-14-15(7-11)22(21-20-14)23-8-13-9-24-16(19-13)10-1-4-12(18)5-2-10/h1-7,9H,8H2. The molecule has 5 nitrogen and oxygen atoms in total. The SMILES string of the molecule is Fc1ccc(-c2nc(COn3nnc4ccc(Cl)cc43)cs2)cc1. The zero-order valence-electron chi connectivity index (χ0n) is 12.2. The van der Waals surface area contributed by atoms with E-state index in [1.807, 2.05) is 5.38 Å². The summed E-state index contributed by atoms with van der Waals surface area (Å²) >= 11 is 7.46. The molecule has 0 spiro atoms. The maximum absolute atomic E-state index is 13.0. The Labute approximate surface area is 145 Å². The zero-order valence-corrected chi connectivity index (χ0v) is 13.8. The fourth-order valence-electron chi connectivity index (χ4n) is 2.19. The minimum atomic E-state index is -0.268. The molecule has 4 rings (SSSR count). The first-order chi connectivity index (χ1) is 11.7. The molecule has 120 valence electrons. The first kappa shape index (κ1) is 15.0. The van der Waals surface area contributed by atoms with Gasteiger partial charge in [0.15, 0.2) is 6.61 Å². The van der Waals surface area contributed by atoms with E-state index < -0.39 is 0 Å². The summed E-state index contributed by atoms with van der Waals surface area (Å²) in [4.78, 5) is 11.5. The van der Waals surface area contributed by atoms with E-state index in [1.165, 1.54) is 28.3 Å². The fraction of sp³-hybridized carbons (Fsp3) is 0.0625. The quantitative estimate of drug-likeness (QED) is 0.552. The second-order valence-corrected chi connectivity index (χ2v) is 6.31. The highest BCUT2D eigenvalue weighted by Crippen LogP contribution is 2.24. The van der Waals surface area contributed by atoms with Crippen molar-refractivity contribution < 1.29 is 9.23 Å². The van der Waals surface area contributed by atoms with E-state index in [4.69, 9.17) is 16.4 Å². The second kappa shape index (κ2) is 6.18. The molecule has 0 N–H and O–H groups in total. The zero-order chi connectivity index (χ0) is 16.5. The molecule has 0 amide bonds. The molecule has 0 atom stereocenters. The number of rotatable bonds is 4. The van der Waals surface area contributed by atoms with Gasteiger partial charge in [-0.1, -0.05) is 16.4 Å². The second-order valence-electron chi connectivity index (χ2n) is 5.02. The predicted octanol–water partition coefficient (Wildman–Crippen LogP) is 3.98. The normalized spacial score (nSPS) is 11.1. The predicted molar refractivity (Wildman–Crippen MR) is 90.3 cm³/mol. The Morgan fingerprint density at radius 3 is 2.83 bits per heavy atom. The molecule has 0 bridgehead atoms. The molecule has 0 saturated heterocycles. The van der Waals surface area contributed by atoms with E-state index in [0.29, 0.717) is 16.1 Å². The molecular formula is C16H10ClFN4OS. The molecular weight excluding hydrogens is 351 g/mol. The molecule has 0 aliphatic carbocycles. The van der Waals surface area contributed by atoms with Gasteiger partial charge in [-0.05, 0) is 47.7 Å². The average molecular weight is 361 g/mol. The lowest BCUT2D eigenvalue weighted by molar-refractivity contribution is 0.0735. The molecule has 24 heavy (non-hydrogen) atoms. The van der Waals surface area contributed by atoms with Gasteiger partial charge in [-0.2, -0.15) is 0 Å². The smallest absolute Gasteiger partial charge is 0.160 e. The number of hydrogen-bond acceptors (Lipinski definition) is 5. The van der Waals surface area contributed by atoms with Crippen LogP contribution in [0.1, 0.15) is 5.69 Å². The van der Waals surface area contributed by atoms with Crippen LogP contribution in [0.5, 0.6) is 0 Å². The van der Waals surface area contributed by atoms with Crippen molar-refractivity contribution in [2.24, 2.45) is 0 Å². The Balaban J connectivity index is 1.51. The van der Waals surface area contributed by atoms with Crippen LogP contribution in [0.2, 0.25) is 5.02 Å². The fourth-order valence-corrected chi connectivity index (χ4v) is 3.17. The van der Waals surface area contributed by atoms with Crippen molar-refractivity contribution in [2.75, 3.05) is 0 Å². The number of thiazole rings is 1. The van der Waals surface area contributed by atoms with E-state index in [-0.39, 0.29) is 12.4 Å². The molecule has 2 heterocycles. The van der Waals surface area contributed by atoms with Gasteiger partial charge >= 0.3 is 0 Å². The third kappa shape index (κ3) is 2.95. The molecule has 8 heteroatoms. The van der Waals surface area contributed by atoms with Crippen LogP contribution in [0.3, 0.4) is 0 Å². The summed E-state index contributed by atoms with van der Waals surface area (Å²) in [5.74, 6) is -0.268. The van der Waals surface area contributed by atoms with E-state index in [0.717, 1.165) is 16.3 Å². The van der Waals surface area contributed by atoms with Crippen LogP contribution < -0.4 is 4.84 Å². The number of aromatic nitrogens is 4. The number of halogens is 2. The van der Waals surface area contributed by atoms with E-state index in [9.17, 15) is 4.39 Å². The molecule has 2 aromatic heterocycles. The van der Waals surface area contributed by atoms with Gasteiger partial charge in [-0.15, -0.1) is 16.4 Å². The Hall–Kier alpha value is -2.51. The number of nitrogens with zero attached hydrogens (tertiary/aromatic N) is 4. The van der Waals surface area contributed by atoms with Gasteiger partial charge in [0.2, 0.25) is 0 Å². The number of fused-ring (bicyclic) bond motifs is 1. The highest BCUT2D eigenvalue weighted by atomic mass is 35.5. The first-order valence-corrected chi connectivity index (χ1v) is 8.29. The van der Waals surface area contributed by atoms with Crippen LogP contribution in [0.15, 0.2) is 47.8 Å². The Bertz CT molecular complexity index is 999. The van der Waals surface area contributed by atoms with Crippen molar-refractivity contribution in [3.63, 3.8) is 0 Å². The lowest BCUT2D eigenvalue weighted by atomic mass is 10.2. The van der Waals surface area contributed by atoms with Gasteiger partial charge in [0, 0.05) is 16.0 Å². The van der Waals surface area contributed by atoms with Crippen molar-refractivity contribution in [3.05, 3.63) is 64.4 Å². The summed E-state index contributed by atoms with van der Waals surface area (Å²) in [6.07, 6.45) is 0. The van der Waals surface area contributed by atoms with Crippen LogP contribution in [-0.4, -0.2) is 20.1 Å². The van der Waals surface area contributed by atoms with Gasteiger partial charge in [-0.25, -0.2) is 9.37 Å². The molecule has 0 radical (unpaired) electrons. The largest absolute Gasteiger partial charge is 0.388 e. The summed E-state index contributed by atoms with van der Waals surface area (Å²) in [5.41, 5.74) is 3.01. The summed E-state index contributed by atoms with van der Waals surface area (Å²) in [7, 11) is 0. The molecule has 0 aliphatic rings. The molecule has 0 saturated carbocycles. The Kier molecular flexibility index (Phi) is 3.87. The van der Waals surface area contributed by atoms with Crippen molar-refractivity contribution in [3.8, 4) is 10.6 Å². The van der Waals surface area contributed by atoms with E-state index >= 15 is 0 Å². The van der Waals surface area contributed by atoms with Crippen molar-refractivity contribution in [2.45, 2.75) is 6.61 Å². The maximum atomic E-state index is 13.0. The van der Waals surface area contributed by atoms with Crippen LogP contribution in [0, 0.1) is 5.82 Å².